The number of ether oxygens (including phenoxy) is 2. The third-order valence-corrected chi connectivity index (χ3v) is 5.88. The number of carbonyl (C=O) groups is 1. The number of halogens is 3. The molecule has 0 unspecified atom stereocenters. The van der Waals surface area contributed by atoms with Crippen LogP contribution in [0.15, 0.2) is 17.6 Å². The molecular formula is C13H18F3N3O6S. The Bertz CT molecular complexity index is 751. The number of carboxylic acids is 1. The third-order valence-electron chi connectivity index (χ3n) is 4.10. The molecule has 0 aromatic carbocycles. The number of fused-ring (bicyclic) bond motifs is 1. The monoisotopic (exact) mass is 401 g/mol. The minimum absolute atomic E-state index is 0.0809. The largest absolute Gasteiger partial charge is 0.490 e. The highest BCUT2D eigenvalue weighted by molar-refractivity contribution is 7.89. The zero-order valence-corrected chi connectivity index (χ0v) is 14.7. The second-order valence-electron chi connectivity index (χ2n) is 5.80. The highest BCUT2D eigenvalue weighted by Crippen LogP contribution is 2.35. The molecule has 0 radical (unpaired) electrons. The lowest BCUT2D eigenvalue weighted by atomic mass is 10.0. The maximum atomic E-state index is 12.6. The first-order valence-electron chi connectivity index (χ1n) is 7.39. The number of aliphatic carboxylic acids is 1. The van der Waals surface area contributed by atoms with Gasteiger partial charge in [-0.05, 0) is 0 Å². The second kappa shape index (κ2) is 7.50. The standard InChI is InChI=1S/C11H17N3O4S.C2HF3O2/c1-13-4-11(12-7-13)19(15,16)14-3-10(17-2)8-5-18-6-9(8)14;3-2(4,5)1(6)7/h4,7-10H,3,5-6H2,1-2H3;(H,6,7)/t8-,9+,10-;/m0./s1. The molecule has 2 saturated heterocycles. The van der Waals surface area contributed by atoms with Gasteiger partial charge in [-0.1, -0.05) is 0 Å². The molecule has 148 valence electrons. The van der Waals surface area contributed by atoms with Crippen molar-refractivity contribution in [2.24, 2.45) is 13.0 Å². The fourth-order valence-electron chi connectivity index (χ4n) is 2.83. The van der Waals surface area contributed by atoms with E-state index in [2.05, 4.69) is 4.98 Å². The van der Waals surface area contributed by atoms with Crippen molar-refractivity contribution in [3.8, 4) is 0 Å². The van der Waals surface area contributed by atoms with Gasteiger partial charge in [-0.3, -0.25) is 0 Å². The number of nitrogens with zero attached hydrogens (tertiary/aromatic N) is 3. The summed E-state index contributed by atoms with van der Waals surface area (Å²) in [6, 6.07) is -0.142. The van der Waals surface area contributed by atoms with E-state index in [4.69, 9.17) is 19.4 Å². The summed E-state index contributed by atoms with van der Waals surface area (Å²) in [6.45, 7) is 1.35. The summed E-state index contributed by atoms with van der Waals surface area (Å²) in [6.07, 6.45) is -2.19. The first kappa shape index (κ1) is 20.6. The Hall–Kier alpha value is -1.70. The van der Waals surface area contributed by atoms with Crippen molar-refractivity contribution < 1.29 is 41.0 Å². The van der Waals surface area contributed by atoms with E-state index < -0.39 is 22.2 Å². The van der Waals surface area contributed by atoms with Crippen molar-refractivity contribution in [2.45, 2.75) is 23.3 Å². The summed E-state index contributed by atoms with van der Waals surface area (Å²) in [7, 11) is -0.220. The topological polar surface area (TPSA) is 111 Å². The summed E-state index contributed by atoms with van der Waals surface area (Å²) in [5.74, 6) is -2.64. The van der Waals surface area contributed by atoms with E-state index in [0.29, 0.717) is 19.8 Å². The predicted molar refractivity (Wildman–Crippen MR) is 79.7 cm³/mol. The van der Waals surface area contributed by atoms with E-state index in [-0.39, 0.29) is 23.1 Å². The first-order chi connectivity index (χ1) is 12.0. The molecule has 26 heavy (non-hydrogen) atoms. The van der Waals surface area contributed by atoms with Crippen LogP contribution in [0.25, 0.3) is 0 Å². The van der Waals surface area contributed by atoms with Crippen LogP contribution in [-0.4, -0.2) is 78.5 Å². The maximum Gasteiger partial charge on any atom is 0.490 e. The molecule has 2 aliphatic rings. The van der Waals surface area contributed by atoms with E-state index in [9.17, 15) is 21.6 Å². The van der Waals surface area contributed by atoms with E-state index in [0.717, 1.165) is 0 Å². The number of alkyl halides is 3. The van der Waals surface area contributed by atoms with Gasteiger partial charge in [0.15, 0.2) is 5.03 Å². The van der Waals surface area contributed by atoms with Gasteiger partial charge in [0.05, 0.1) is 31.7 Å². The molecule has 1 aromatic rings. The van der Waals surface area contributed by atoms with Crippen LogP contribution in [-0.2, 0) is 31.3 Å². The van der Waals surface area contributed by atoms with Crippen molar-refractivity contribution in [1.29, 1.82) is 0 Å². The Morgan fingerprint density at radius 3 is 2.50 bits per heavy atom. The highest BCUT2D eigenvalue weighted by Gasteiger charge is 2.51. The highest BCUT2D eigenvalue weighted by atomic mass is 32.2. The third kappa shape index (κ3) is 4.16. The van der Waals surface area contributed by atoms with Gasteiger partial charge in [0.2, 0.25) is 0 Å². The van der Waals surface area contributed by atoms with Crippen LogP contribution in [0.2, 0.25) is 0 Å². The van der Waals surface area contributed by atoms with Gasteiger partial charge in [0.1, 0.15) is 0 Å². The Balaban J connectivity index is 0.000000298. The molecule has 9 nitrogen and oxygen atoms in total. The predicted octanol–water partition coefficient (Wildman–Crippen LogP) is 0.0877. The number of aryl methyl sites for hydroxylation is 1. The van der Waals surface area contributed by atoms with Gasteiger partial charge < -0.3 is 19.1 Å². The molecule has 1 aromatic heterocycles. The van der Waals surface area contributed by atoms with Crippen LogP contribution >= 0.6 is 0 Å². The summed E-state index contributed by atoms with van der Waals surface area (Å²) < 4.78 is 70.8. The maximum absolute atomic E-state index is 12.6. The SMILES string of the molecule is CO[C@H]1CN(S(=O)(=O)c2cn(C)cn2)[C@@H]2COC[C@H]12.O=C(O)C(F)(F)F. The number of methoxy groups -OCH3 is 1. The zero-order chi connectivity index (χ0) is 19.7. The average Bonchev–Trinajstić information content (AvgIpc) is 3.22. The number of rotatable bonds is 3. The van der Waals surface area contributed by atoms with Gasteiger partial charge in [0, 0.05) is 32.8 Å². The first-order valence-corrected chi connectivity index (χ1v) is 8.83. The molecule has 2 fully saturated rings. The summed E-state index contributed by atoms with van der Waals surface area (Å²) in [5, 5.41) is 7.21. The average molecular weight is 401 g/mol. The van der Waals surface area contributed by atoms with E-state index in [1.54, 1.807) is 18.7 Å². The Kier molecular flexibility index (Phi) is 5.95. The van der Waals surface area contributed by atoms with E-state index in [1.807, 2.05) is 0 Å². The number of hydrogen-bond acceptors (Lipinski definition) is 6. The summed E-state index contributed by atoms with van der Waals surface area (Å²) in [5.41, 5.74) is 0. The van der Waals surface area contributed by atoms with Crippen molar-refractivity contribution in [3.63, 3.8) is 0 Å². The Morgan fingerprint density at radius 2 is 2.04 bits per heavy atom. The van der Waals surface area contributed by atoms with Crippen LogP contribution in [0.5, 0.6) is 0 Å². The number of aromatic nitrogens is 2. The molecule has 0 amide bonds. The fourth-order valence-corrected chi connectivity index (χ4v) is 4.46. The molecule has 2 aliphatic heterocycles. The second-order valence-corrected chi connectivity index (χ2v) is 7.64. The minimum atomic E-state index is -5.08. The summed E-state index contributed by atoms with van der Waals surface area (Å²) >= 11 is 0. The summed E-state index contributed by atoms with van der Waals surface area (Å²) in [4.78, 5) is 12.8. The lowest BCUT2D eigenvalue weighted by Gasteiger charge is -2.20. The molecule has 3 rings (SSSR count). The molecule has 0 aliphatic carbocycles. The van der Waals surface area contributed by atoms with Gasteiger partial charge >= 0.3 is 12.1 Å². The number of imidazole rings is 1. The van der Waals surface area contributed by atoms with Crippen molar-refractivity contribution in [3.05, 3.63) is 12.5 Å². The molecule has 0 bridgehead atoms. The van der Waals surface area contributed by atoms with Crippen LogP contribution in [0.1, 0.15) is 0 Å². The molecule has 3 heterocycles. The zero-order valence-electron chi connectivity index (χ0n) is 13.9. The smallest absolute Gasteiger partial charge is 0.475 e. The van der Waals surface area contributed by atoms with Gasteiger partial charge in [-0.15, -0.1) is 0 Å². The minimum Gasteiger partial charge on any atom is -0.475 e. The lowest BCUT2D eigenvalue weighted by Crippen LogP contribution is -2.38. The Morgan fingerprint density at radius 1 is 1.42 bits per heavy atom. The van der Waals surface area contributed by atoms with Gasteiger partial charge in [-0.2, -0.15) is 17.5 Å². The van der Waals surface area contributed by atoms with Crippen molar-refractivity contribution in [2.75, 3.05) is 26.9 Å². The molecule has 0 saturated carbocycles. The molecule has 0 spiro atoms. The number of hydrogen-bond donors (Lipinski definition) is 1. The quantitative estimate of drug-likeness (QED) is 0.764. The van der Waals surface area contributed by atoms with Crippen molar-refractivity contribution in [1.82, 2.24) is 13.9 Å². The van der Waals surface area contributed by atoms with E-state index in [1.165, 1.54) is 16.8 Å². The van der Waals surface area contributed by atoms with E-state index >= 15 is 0 Å². The van der Waals surface area contributed by atoms with Crippen LogP contribution in [0, 0.1) is 5.92 Å². The normalized spacial score (nSPS) is 26.3. The molecular weight excluding hydrogens is 383 g/mol. The van der Waals surface area contributed by atoms with Crippen LogP contribution < -0.4 is 0 Å². The fraction of sp³-hybridized carbons (Fsp3) is 0.692. The van der Waals surface area contributed by atoms with Gasteiger partial charge in [0.25, 0.3) is 10.0 Å². The Labute approximate surface area is 147 Å². The number of carboxylic acid groups (broad SMARTS) is 1. The van der Waals surface area contributed by atoms with Crippen LogP contribution in [0.4, 0.5) is 13.2 Å². The molecule has 13 heteroatoms. The molecule has 1 N–H and O–H groups in total. The van der Waals surface area contributed by atoms with Gasteiger partial charge in [-0.25, -0.2) is 18.2 Å². The number of sulfonamides is 1. The lowest BCUT2D eigenvalue weighted by molar-refractivity contribution is -0.192. The van der Waals surface area contributed by atoms with Crippen LogP contribution in [0.3, 0.4) is 0 Å². The molecule has 3 atom stereocenters. The van der Waals surface area contributed by atoms with Crippen molar-refractivity contribution >= 4 is 16.0 Å².